The van der Waals surface area contributed by atoms with Crippen molar-refractivity contribution in [1.29, 1.82) is 0 Å². The van der Waals surface area contributed by atoms with Crippen LogP contribution in [0.3, 0.4) is 0 Å². The van der Waals surface area contributed by atoms with Crippen LogP contribution in [0.5, 0.6) is 0 Å². The van der Waals surface area contributed by atoms with Crippen molar-refractivity contribution in [3.63, 3.8) is 0 Å². The average molecular weight is 471 g/mol. The molecule has 0 radical (unpaired) electrons. The van der Waals surface area contributed by atoms with Crippen molar-refractivity contribution in [2.75, 3.05) is 0 Å². The van der Waals surface area contributed by atoms with Gasteiger partial charge in [0.05, 0.1) is 23.6 Å². The van der Waals surface area contributed by atoms with Gasteiger partial charge in [-0.1, -0.05) is 75.4 Å². The number of fused-ring (bicyclic) bond motifs is 3. The second-order valence-electron chi connectivity index (χ2n) is 10.3. The number of nitrogens with zero attached hydrogens (tertiary/aromatic N) is 3. The molecule has 0 bridgehead atoms. The van der Waals surface area contributed by atoms with Crippen molar-refractivity contribution >= 4 is 21.8 Å². The summed E-state index contributed by atoms with van der Waals surface area (Å²) < 4.78 is 6.94. The Morgan fingerprint density at radius 3 is 2.22 bits per heavy atom. The molecule has 4 aromatic carbocycles. The van der Waals surface area contributed by atoms with Crippen molar-refractivity contribution in [2.45, 2.75) is 32.6 Å². The highest BCUT2D eigenvalue weighted by atomic mass is 15.1. The molecule has 178 valence electrons. The average Bonchev–Trinajstić information content (AvgIpc) is 3.46. The smallest absolute Gasteiger partial charge is 0.294 e. The Morgan fingerprint density at radius 1 is 0.722 bits per heavy atom. The van der Waals surface area contributed by atoms with E-state index in [4.69, 9.17) is 0 Å². The quantitative estimate of drug-likeness (QED) is 0.229. The summed E-state index contributed by atoms with van der Waals surface area (Å²) in [6.07, 6.45) is 5.42. The number of aromatic nitrogens is 3. The molecular formula is C33H32N3+. The lowest BCUT2D eigenvalue weighted by molar-refractivity contribution is -0.659. The van der Waals surface area contributed by atoms with Gasteiger partial charge in [0.1, 0.15) is 18.1 Å². The predicted molar refractivity (Wildman–Crippen MR) is 150 cm³/mol. The lowest BCUT2D eigenvalue weighted by Gasteiger charge is -2.25. The molecule has 0 saturated carbocycles. The molecule has 6 aromatic rings. The molecule has 0 aliphatic heterocycles. The highest BCUT2D eigenvalue weighted by Gasteiger charge is 2.28. The van der Waals surface area contributed by atoms with Crippen molar-refractivity contribution in [3.8, 4) is 22.8 Å². The molecule has 0 fully saturated rings. The molecular weight excluding hydrogens is 438 g/mol. The standard InChI is InChI=1S/C33H32N3/c1-5-33(2,3)29-17-11-9-16-27(29)32-34(4)21-22-35(32)25-19-20-31-28(23-25)26-15-10-12-18-30(26)36(31)24-13-7-6-8-14-24/h6-23H,5H2,1-4H3/q+1. The molecule has 0 unspecified atom stereocenters. The molecule has 0 spiro atoms. The maximum Gasteiger partial charge on any atom is 0.294 e. The molecule has 0 aliphatic carbocycles. The van der Waals surface area contributed by atoms with Crippen LogP contribution in [-0.4, -0.2) is 9.13 Å². The highest BCUT2D eigenvalue weighted by molar-refractivity contribution is 6.09. The Balaban J connectivity index is 1.59. The van der Waals surface area contributed by atoms with Crippen LogP contribution in [0.15, 0.2) is 109 Å². The number of para-hydroxylation sites is 2. The number of rotatable bonds is 5. The first kappa shape index (κ1) is 22.4. The van der Waals surface area contributed by atoms with Gasteiger partial charge in [0, 0.05) is 16.5 Å². The van der Waals surface area contributed by atoms with Crippen molar-refractivity contribution in [1.82, 2.24) is 9.13 Å². The van der Waals surface area contributed by atoms with Crippen LogP contribution in [-0.2, 0) is 12.5 Å². The Morgan fingerprint density at radius 2 is 1.42 bits per heavy atom. The number of hydrogen-bond donors (Lipinski definition) is 0. The van der Waals surface area contributed by atoms with Gasteiger partial charge in [-0.25, -0.2) is 4.57 Å². The van der Waals surface area contributed by atoms with Crippen LogP contribution in [0.1, 0.15) is 32.8 Å². The minimum absolute atomic E-state index is 0.0890. The largest absolute Gasteiger partial charge is 0.309 e. The Bertz CT molecular complexity index is 1700. The zero-order valence-corrected chi connectivity index (χ0v) is 21.4. The molecule has 6 rings (SSSR count). The maximum atomic E-state index is 2.37. The number of benzene rings is 4. The van der Waals surface area contributed by atoms with E-state index in [9.17, 15) is 0 Å². The van der Waals surface area contributed by atoms with E-state index in [1.807, 2.05) is 0 Å². The molecule has 0 N–H and O–H groups in total. The molecule has 0 aliphatic rings. The SMILES string of the molecule is CCC(C)(C)c1ccccc1-c1n(-c2ccc3c(c2)c2ccccc2n3-c2ccccc2)cc[n+]1C. The third-order valence-corrected chi connectivity index (χ3v) is 7.73. The van der Waals surface area contributed by atoms with Gasteiger partial charge in [0.25, 0.3) is 5.82 Å². The molecule has 0 amide bonds. The fourth-order valence-electron chi connectivity index (χ4n) is 5.43. The van der Waals surface area contributed by atoms with Gasteiger partial charge in [0.2, 0.25) is 0 Å². The molecule has 3 heteroatoms. The fourth-order valence-corrected chi connectivity index (χ4v) is 5.43. The second kappa shape index (κ2) is 8.53. The molecule has 3 nitrogen and oxygen atoms in total. The van der Waals surface area contributed by atoms with E-state index in [2.05, 4.69) is 151 Å². The normalized spacial score (nSPS) is 12.0. The molecule has 0 atom stereocenters. The highest BCUT2D eigenvalue weighted by Crippen LogP contribution is 2.37. The van der Waals surface area contributed by atoms with E-state index in [1.54, 1.807) is 0 Å². The van der Waals surface area contributed by atoms with Gasteiger partial charge in [-0.05, 0) is 59.9 Å². The molecule has 36 heavy (non-hydrogen) atoms. The summed E-state index contributed by atoms with van der Waals surface area (Å²) in [6, 6.07) is 35.0. The first-order valence-corrected chi connectivity index (χ1v) is 12.8. The van der Waals surface area contributed by atoms with Gasteiger partial charge < -0.3 is 4.57 Å². The van der Waals surface area contributed by atoms with Gasteiger partial charge >= 0.3 is 0 Å². The van der Waals surface area contributed by atoms with E-state index >= 15 is 0 Å². The van der Waals surface area contributed by atoms with E-state index in [-0.39, 0.29) is 5.41 Å². The minimum Gasteiger partial charge on any atom is -0.309 e. The summed E-state index contributed by atoms with van der Waals surface area (Å²) in [4.78, 5) is 0. The van der Waals surface area contributed by atoms with Gasteiger partial charge in [-0.3, -0.25) is 0 Å². The van der Waals surface area contributed by atoms with Gasteiger partial charge in [0.15, 0.2) is 0 Å². The lowest BCUT2D eigenvalue weighted by atomic mass is 9.79. The summed E-state index contributed by atoms with van der Waals surface area (Å²) in [5.41, 5.74) is 7.54. The summed E-state index contributed by atoms with van der Waals surface area (Å²) in [5, 5.41) is 2.53. The molecule has 2 heterocycles. The lowest BCUT2D eigenvalue weighted by Crippen LogP contribution is -2.30. The van der Waals surface area contributed by atoms with Gasteiger partial charge in [-0.15, -0.1) is 0 Å². The Hall–Kier alpha value is -4.11. The van der Waals surface area contributed by atoms with Crippen molar-refractivity contribution < 1.29 is 4.57 Å². The molecule has 2 aromatic heterocycles. The monoisotopic (exact) mass is 470 g/mol. The van der Waals surface area contributed by atoms with Crippen LogP contribution < -0.4 is 4.57 Å². The van der Waals surface area contributed by atoms with Crippen molar-refractivity contribution in [2.24, 2.45) is 7.05 Å². The fraction of sp³-hybridized carbons (Fsp3) is 0.182. The zero-order chi connectivity index (χ0) is 24.9. The van der Waals surface area contributed by atoms with Crippen LogP contribution in [0, 0.1) is 0 Å². The third-order valence-electron chi connectivity index (χ3n) is 7.73. The topological polar surface area (TPSA) is 13.7 Å². The summed E-state index contributed by atoms with van der Waals surface area (Å²) in [7, 11) is 2.14. The zero-order valence-electron chi connectivity index (χ0n) is 21.4. The summed E-state index contributed by atoms with van der Waals surface area (Å²) in [5.74, 6) is 1.19. The second-order valence-corrected chi connectivity index (χ2v) is 10.3. The van der Waals surface area contributed by atoms with E-state index in [1.165, 1.54) is 44.4 Å². The van der Waals surface area contributed by atoms with E-state index in [0.717, 1.165) is 12.1 Å². The third kappa shape index (κ3) is 3.46. The predicted octanol–water partition coefficient (Wildman–Crippen LogP) is 7.75. The minimum atomic E-state index is 0.0890. The van der Waals surface area contributed by atoms with Gasteiger partial charge in [-0.2, -0.15) is 4.57 Å². The van der Waals surface area contributed by atoms with Crippen LogP contribution in [0.4, 0.5) is 0 Å². The summed E-state index contributed by atoms with van der Waals surface area (Å²) >= 11 is 0. The van der Waals surface area contributed by atoms with Crippen LogP contribution in [0.2, 0.25) is 0 Å². The molecule has 0 saturated heterocycles. The Kier molecular flexibility index (Phi) is 5.30. The maximum absolute atomic E-state index is 2.37. The van der Waals surface area contributed by atoms with E-state index in [0.29, 0.717) is 0 Å². The van der Waals surface area contributed by atoms with Crippen molar-refractivity contribution in [3.05, 3.63) is 115 Å². The van der Waals surface area contributed by atoms with Crippen LogP contribution in [0.25, 0.3) is 44.6 Å². The van der Waals surface area contributed by atoms with Crippen LogP contribution >= 0.6 is 0 Å². The number of imidazole rings is 1. The summed E-state index contributed by atoms with van der Waals surface area (Å²) in [6.45, 7) is 6.94. The van der Waals surface area contributed by atoms with E-state index < -0.39 is 0 Å². The number of aryl methyl sites for hydroxylation is 1. The first-order chi connectivity index (χ1) is 17.5. The Labute approximate surface area is 212 Å². The first-order valence-electron chi connectivity index (χ1n) is 12.8. The number of hydrogen-bond acceptors (Lipinski definition) is 0.